The molecule has 2 saturated heterocycles. The van der Waals surface area contributed by atoms with Gasteiger partial charge in [-0.1, -0.05) is 19.6 Å². The van der Waals surface area contributed by atoms with Crippen molar-refractivity contribution in [3.8, 4) is 0 Å². The van der Waals surface area contributed by atoms with Gasteiger partial charge in [0.15, 0.2) is 0 Å². The van der Waals surface area contributed by atoms with E-state index in [2.05, 4.69) is 19.6 Å². The Morgan fingerprint density at radius 3 is 2.34 bits per heavy atom. The molecule has 0 saturated carbocycles. The topological polar surface area (TPSA) is 70.1 Å². The molecule has 1 unspecified atom stereocenters. The maximum atomic E-state index is 14.7. The molecule has 2 aliphatic rings. The molecule has 0 aromatic heterocycles. The minimum atomic E-state index is -1.31. The van der Waals surface area contributed by atoms with Gasteiger partial charge in [-0.15, -0.1) is 0 Å². The van der Waals surface area contributed by atoms with E-state index in [1.807, 2.05) is 0 Å². The molecule has 2 heterocycles. The lowest BCUT2D eigenvalue weighted by molar-refractivity contribution is -0.155. The van der Waals surface area contributed by atoms with Crippen LogP contribution in [0.2, 0.25) is 25.7 Å². The Bertz CT molecular complexity index is 770. The molecule has 1 aromatic carbocycles. The van der Waals surface area contributed by atoms with E-state index in [0.29, 0.717) is 25.4 Å². The highest BCUT2D eigenvalue weighted by Crippen LogP contribution is 2.35. The molecule has 0 bridgehead atoms. The van der Waals surface area contributed by atoms with Gasteiger partial charge in [0.05, 0.1) is 12.0 Å². The number of aliphatic hydroxyl groups excluding tert-OH is 1. The van der Waals surface area contributed by atoms with Gasteiger partial charge in [-0.3, -0.25) is 14.5 Å². The smallest absolute Gasteiger partial charge is 0.238 e. The van der Waals surface area contributed by atoms with Crippen LogP contribution in [0.15, 0.2) is 12.1 Å². The Balaban J connectivity index is 1.71. The average Bonchev–Trinajstić information content (AvgIpc) is 2.58. The number of likely N-dealkylation sites (tertiary alicyclic amines) is 1. The van der Waals surface area contributed by atoms with E-state index >= 15 is 0 Å². The van der Waals surface area contributed by atoms with Crippen LogP contribution in [0, 0.1) is 11.6 Å². The van der Waals surface area contributed by atoms with Crippen LogP contribution in [-0.4, -0.2) is 62.4 Å². The number of amides is 2. The summed E-state index contributed by atoms with van der Waals surface area (Å²) in [6.07, 6.45) is -0.396. The fourth-order valence-corrected chi connectivity index (χ4v) is 4.28. The van der Waals surface area contributed by atoms with Crippen LogP contribution >= 0.6 is 0 Å². The van der Waals surface area contributed by atoms with Crippen LogP contribution in [0.4, 0.5) is 14.5 Å². The molecule has 6 nitrogen and oxygen atoms in total. The van der Waals surface area contributed by atoms with Crippen molar-refractivity contribution in [1.29, 1.82) is 0 Å². The molecule has 0 spiro atoms. The summed E-state index contributed by atoms with van der Waals surface area (Å²) in [5, 5.41) is 9.38. The SMILES string of the molecule is C[Si](C)(C)CCOCN1C(=O)CCC(c2c(F)cc(N3CC(O)C3)cc2F)C1=O. The van der Waals surface area contributed by atoms with Crippen molar-refractivity contribution in [2.75, 3.05) is 31.3 Å². The van der Waals surface area contributed by atoms with E-state index in [1.54, 1.807) is 4.90 Å². The van der Waals surface area contributed by atoms with Gasteiger partial charge in [0.25, 0.3) is 0 Å². The van der Waals surface area contributed by atoms with Gasteiger partial charge in [0.2, 0.25) is 11.8 Å². The lowest BCUT2D eigenvalue weighted by atomic mass is 9.88. The van der Waals surface area contributed by atoms with Crippen LogP contribution in [0.25, 0.3) is 0 Å². The Morgan fingerprint density at radius 2 is 1.79 bits per heavy atom. The lowest BCUT2D eigenvalue weighted by Crippen LogP contribution is -2.51. The predicted octanol–water partition coefficient (Wildman–Crippen LogP) is 2.69. The highest BCUT2D eigenvalue weighted by atomic mass is 28.3. The van der Waals surface area contributed by atoms with Crippen molar-refractivity contribution in [3.63, 3.8) is 0 Å². The number of ether oxygens (including phenoxy) is 1. The van der Waals surface area contributed by atoms with E-state index in [-0.39, 0.29) is 31.0 Å². The van der Waals surface area contributed by atoms with E-state index < -0.39 is 37.6 Å². The molecule has 1 aromatic rings. The second-order valence-corrected chi connectivity index (χ2v) is 14.6. The third-order valence-corrected chi connectivity index (χ3v) is 7.07. The fraction of sp³-hybridized carbons (Fsp3) is 0.600. The third kappa shape index (κ3) is 5.02. The first-order chi connectivity index (χ1) is 13.6. The summed E-state index contributed by atoms with van der Waals surface area (Å²) in [5.74, 6) is -3.68. The summed E-state index contributed by atoms with van der Waals surface area (Å²) in [6, 6.07) is 3.26. The molecule has 2 aliphatic heterocycles. The number of aliphatic hydroxyl groups is 1. The van der Waals surface area contributed by atoms with E-state index in [4.69, 9.17) is 4.74 Å². The van der Waals surface area contributed by atoms with E-state index in [0.717, 1.165) is 10.9 Å². The molecule has 2 fully saturated rings. The van der Waals surface area contributed by atoms with Crippen molar-refractivity contribution in [1.82, 2.24) is 4.90 Å². The van der Waals surface area contributed by atoms with Crippen molar-refractivity contribution in [3.05, 3.63) is 29.3 Å². The van der Waals surface area contributed by atoms with Gasteiger partial charge in [-0.2, -0.15) is 0 Å². The standard InChI is InChI=1S/C20H28F2N2O4Si/c1-29(2,3)7-6-28-12-24-18(26)5-4-15(20(24)27)19-16(21)8-13(9-17(19)22)23-10-14(25)11-23/h8-9,14-15,25H,4-7,10-12H2,1-3H3. The predicted molar refractivity (Wildman–Crippen MR) is 107 cm³/mol. The summed E-state index contributed by atoms with van der Waals surface area (Å²) in [5.41, 5.74) is 0.0272. The summed E-state index contributed by atoms with van der Waals surface area (Å²) in [7, 11) is -1.31. The first kappa shape index (κ1) is 21.9. The number of carbonyl (C=O) groups is 2. The fourth-order valence-electron chi connectivity index (χ4n) is 3.53. The van der Waals surface area contributed by atoms with Gasteiger partial charge < -0.3 is 14.7 Å². The van der Waals surface area contributed by atoms with Crippen molar-refractivity contribution in [2.24, 2.45) is 0 Å². The summed E-state index contributed by atoms with van der Waals surface area (Å²) < 4.78 is 35.0. The van der Waals surface area contributed by atoms with Crippen LogP contribution < -0.4 is 4.90 Å². The number of hydrogen-bond donors (Lipinski definition) is 1. The maximum Gasteiger partial charge on any atom is 0.238 e. The number of halogens is 2. The number of hydrogen-bond acceptors (Lipinski definition) is 5. The summed E-state index contributed by atoms with van der Waals surface area (Å²) in [4.78, 5) is 27.6. The average molecular weight is 427 g/mol. The number of benzene rings is 1. The van der Waals surface area contributed by atoms with Crippen LogP contribution in [0.5, 0.6) is 0 Å². The molecule has 2 amide bonds. The van der Waals surface area contributed by atoms with Gasteiger partial charge in [-0.25, -0.2) is 8.78 Å². The largest absolute Gasteiger partial charge is 0.389 e. The Morgan fingerprint density at radius 1 is 1.17 bits per heavy atom. The molecule has 0 radical (unpaired) electrons. The zero-order valence-corrected chi connectivity index (χ0v) is 18.1. The molecule has 9 heteroatoms. The Labute approximate surface area is 170 Å². The van der Waals surface area contributed by atoms with Gasteiger partial charge in [0, 0.05) is 45.4 Å². The van der Waals surface area contributed by atoms with Crippen LogP contribution in [0.1, 0.15) is 24.3 Å². The number of imide groups is 1. The van der Waals surface area contributed by atoms with E-state index in [1.165, 1.54) is 12.1 Å². The maximum absolute atomic E-state index is 14.7. The highest BCUT2D eigenvalue weighted by Gasteiger charge is 2.38. The monoisotopic (exact) mass is 426 g/mol. The quantitative estimate of drug-likeness (QED) is 0.412. The molecule has 1 atom stereocenters. The Kier molecular flexibility index (Phi) is 6.40. The minimum absolute atomic E-state index is 0.0345. The second-order valence-electron chi connectivity index (χ2n) is 8.98. The number of nitrogens with zero attached hydrogens (tertiary/aromatic N) is 2. The normalized spacial score (nSPS) is 21.0. The zero-order chi connectivity index (χ0) is 21.3. The first-order valence-corrected chi connectivity index (χ1v) is 13.6. The van der Waals surface area contributed by atoms with Crippen molar-refractivity contribution in [2.45, 2.75) is 50.5 Å². The number of β-amino-alcohol motifs (C(OH)–C–C–N with tert-alkyl or cyclic N) is 1. The van der Waals surface area contributed by atoms with Gasteiger partial charge in [0.1, 0.15) is 18.4 Å². The Hall–Kier alpha value is -1.84. The second kappa shape index (κ2) is 8.49. The van der Waals surface area contributed by atoms with Crippen molar-refractivity contribution >= 4 is 25.6 Å². The lowest BCUT2D eigenvalue weighted by Gasteiger charge is -2.38. The van der Waals surface area contributed by atoms with E-state index in [9.17, 15) is 23.5 Å². The van der Waals surface area contributed by atoms with Crippen LogP contribution in [-0.2, 0) is 14.3 Å². The zero-order valence-electron chi connectivity index (χ0n) is 17.1. The van der Waals surface area contributed by atoms with Crippen molar-refractivity contribution < 1.29 is 28.2 Å². The number of piperidine rings is 1. The molecule has 3 rings (SSSR count). The van der Waals surface area contributed by atoms with Crippen LogP contribution in [0.3, 0.4) is 0 Å². The molecule has 29 heavy (non-hydrogen) atoms. The molecule has 1 N–H and O–H groups in total. The molecular formula is C20H28F2N2O4Si. The van der Waals surface area contributed by atoms with Gasteiger partial charge >= 0.3 is 0 Å². The summed E-state index contributed by atoms with van der Waals surface area (Å²) >= 11 is 0. The molecule has 160 valence electrons. The number of anilines is 1. The molecular weight excluding hydrogens is 398 g/mol. The minimum Gasteiger partial charge on any atom is -0.389 e. The highest BCUT2D eigenvalue weighted by molar-refractivity contribution is 6.76. The number of carbonyl (C=O) groups excluding carboxylic acids is 2. The molecule has 0 aliphatic carbocycles. The third-order valence-electron chi connectivity index (χ3n) is 5.37. The first-order valence-electron chi connectivity index (χ1n) is 9.91. The number of rotatable bonds is 7. The van der Waals surface area contributed by atoms with Gasteiger partial charge in [-0.05, 0) is 24.6 Å². The summed E-state index contributed by atoms with van der Waals surface area (Å²) in [6.45, 7) is 7.47.